The molecule has 0 bridgehead atoms. The molecular weight excluding hydrogens is 243 g/mol. The van der Waals surface area contributed by atoms with Crippen LogP contribution < -0.4 is 5.32 Å². The van der Waals surface area contributed by atoms with Crippen LogP contribution in [-0.4, -0.2) is 16.3 Å². The van der Waals surface area contributed by atoms with Crippen molar-refractivity contribution in [3.8, 4) is 6.07 Å². The first-order chi connectivity index (χ1) is 9.19. The summed E-state index contributed by atoms with van der Waals surface area (Å²) in [6.45, 7) is 4.15. The first-order valence-electron chi connectivity index (χ1n) is 6.07. The summed E-state index contributed by atoms with van der Waals surface area (Å²) in [5.74, 6) is -0.474. The lowest BCUT2D eigenvalue weighted by Gasteiger charge is -2.06. The van der Waals surface area contributed by atoms with Gasteiger partial charge in [0.2, 0.25) is 0 Å². The minimum atomic E-state index is -0.474. The van der Waals surface area contributed by atoms with Gasteiger partial charge in [-0.25, -0.2) is 4.39 Å². The van der Waals surface area contributed by atoms with Crippen molar-refractivity contribution in [2.45, 2.75) is 20.0 Å². The van der Waals surface area contributed by atoms with Gasteiger partial charge in [0.15, 0.2) is 0 Å². The maximum Gasteiger partial charge on any atom is 0.140 e. The summed E-state index contributed by atoms with van der Waals surface area (Å²) in [6.07, 6.45) is 3.80. The van der Waals surface area contributed by atoms with Gasteiger partial charge in [0.1, 0.15) is 11.9 Å². The number of benzene rings is 1. The molecule has 1 aromatic heterocycles. The van der Waals surface area contributed by atoms with Crippen molar-refractivity contribution >= 4 is 0 Å². The summed E-state index contributed by atoms with van der Waals surface area (Å²) in [4.78, 5) is 0. The number of hydrogen-bond donors (Lipinski definition) is 1. The van der Waals surface area contributed by atoms with Crippen molar-refractivity contribution < 1.29 is 4.39 Å². The third kappa shape index (κ3) is 3.63. The molecule has 0 unspecified atom stereocenters. The molecular formula is C14H15FN4. The molecule has 2 aromatic rings. The minimum absolute atomic E-state index is 0.0852. The molecule has 19 heavy (non-hydrogen) atoms. The molecule has 0 fully saturated rings. The predicted molar refractivity (Wildman–Crippen MR) is 69.8 cm³/mol. The van der Waals surface area contributed by atoms with E-state index in [-0.39, 0.29) is 5.56 Å². The highest BCUT2D eigenvalue weighted by Gasteiger charge is 2.02. The van der Waals surface area contributed by atoms with Crippen LogP contribution in [0.3, 0.4) is 0 Å². The van der Waals surface area contributed by atoms with E-state index in [2.05, 4.69) is 10.4 Å². The third-order valence-electron chi connectivity index (χ3n) is 2.76. The summed E-state index contributed by atoms with van der Waals surface area (Å²) >= 11 is 0. The van der Waals surface area contributed by atoms with E-state index in [1.165, 1.54) is 6.07 Å². The topological polar surface area (TPSA) is 53.6 Å². The zero-order chi connectivity index (χ0) is 13.7. The molecule has 4 nitrogen and oxygen atoms in total. The monoisotopic (exact) mass is 258 g/mol. The van der Waals surface area contributed by atoms with Crippen molar-refractivity contribution in [3.05, 3.63) is 53.1 Å². The second-order valence-corrected chi connectivity index (χ2v) is 4.38. The Bertz CT molecular complexity index is 598. The van der Waals surface area contributed by atoms with E-state index >= 15 is 0 Å². The average Bonchev–Trinajstić information content (AvgIpc) is 2.82. The lowest BCUT2D eigenvalue weighted by atomic mass is 10.1. The van der Waals surface area contributed by atoms with Crippen LogP contribution in [0.15, 0.2) is 30.6 Å². The van der Waals surface area contributed by atoms with Crippen molar-refractivity contribution in [1.82, 2.24) is 15.1 Å². The Hall–Kier alpha value is -2.19. The quantitative estimate of drug-likeness (QED) is 0.834. The number of aromatic nitrogens is 2. The first kappa shape index (κ1) is 13.2. The van der Waals surface area contributed by atoms with Crippen molar-refractivity contribution in [3.63, 3.8) is 0 Å². The Kier molecular flexibility index (Phi) is 4.26. The zero-order valence-electron chi connectivity index (χ0n) is 10.7. The lowest BCUT2D eigenvalue weighted by molar-refractivity contribution is 0.554. The molecule has 2 rings (SSSR count). The standard InChI is InChI=1S/C14H15FN4/c1-11-8-18-19(10-11)5-4-17-9-12-2-3-14(15)13(6-12)7-16/h2-3,6,8,10,17H,4-5,9H2,1H3. The molecule has 1 aromatic carbocycles. The molecule has 0 aliphatic carbocycles. The van der Waals surface area contributed by atoms with Crippen LogP contribution in [0.2, 0.25) is 0 Å². The maximum absolute atomic E-state index is 13.1. The molecule has 0 atom stereocenters. The van der Waals surface area contributed by atoms with E-state index in [0.717, 1.165) is 24.2 Å². The predicted octanol–water partition coefficient (Wildman–Crippen LogP) is 1.99. The van der Waals surface area contributed by atoms with Gasteiger partial charge in [-0.05, 0) is 30.2 Å². The molecule has 5 heteroatoms. The normalized spacial score (nSPS) is 10.4. The average molecular weight is 258 g/mol. The van der Waals surface area contributed by atoms with Crippen LogP contribution in [0, 0.1) is 24.1 Å². The number of rotatable bonds is 5. The lowest BCUT2D eigenvalue weighted by Crippen LogP contribution is -2.19. The van der Waals surface area contributed by atoms with Gasteiger partial charge in [0.25, 0.3) is 0 Å². The van der Waals surface area contributed by atoms with Gasteiger partial charge in [-0.3, -0.25) is 4.68 Å². The molecule has 0 amide bonds. The van der Waals surface area contributed by atoms with Gasteiger partial charge < -0.3 is 5.32 Å². The SMILES string of the molecule is Cc1cnn(CCNCc2ccc(F)c(C#N)c2)c1. The Labute approximate surface area is 111 Å². The van der Waals surface area contributed by atoms with Crippen LogP contribution in [0.4, 0.5) is 4.39 Å². The maximum atomic E-state index is 13.1. The third-order valence-corrected chi connectivity index (χ3v) is 2.76. The van der Waals surface area contributed by atoms with E-state index in [9.17, 15) is 4.39 Å². The van der Waals surface area contributed by atoms with Gasteiger partial charge in [0, 0.05) is 19.3 Å². The van der Waals surface area contributed by atoms with E-state index in [0.29, 0.717) is 6.54 Å². The number of halogens is 1. The van der Waals surface area contributed by atoms with Gasteiger partial charge in [-0.2, -0.15) is 10.4 Å². The molecule has 1 heterocycles. The van der Waals surface area contributed by atoms with E-state index in [1.54, 1.807) is 12.1 Å². The van der Waals surface area contributed by atoms with E-state index in [1.807, 2.05) is 30.1 Å². The van der Waals surface area contributed by atoms with Crippen LogP contribution >= 0.6 is 0 Å². The Balaban J connectivity index is 1.81. The molecule has 0 saturated heterocycles. The van der Waals surface area contributed by atoms with Crippen molar-refractivity contribution in [2.24, 2.45) is 0 Å². The Morgan fingerprint density at radius 3 is 3.00 bits per heavy atom. The summed E-state index contributed by atoms with van der Waals surface area (Å²) in [5, 5.41) is 16.2. The van der Waals surface area contributed by atoms with Crippen LogP contribution in [0.25, 0.3) is 0 Å². The first-order valence-corrected chi connectivity index (χ1v) is 6.07. The highest BCUT2D eigenvalue weighted by molar-refractivity contribution is 5.34. The highest BCUT2D eigenvalue weighted by atomic mass is 19.1. The smallest absolute Gasteiger partial charge is 0.140 e. The summed E-state index contributed by atoms with van der Waals surface area (Å²) in [7, 11) is 0. The minimum Gasteiger partial charge on any atom is -0.311 e. The molecule has 0 aliphatic heterocycles. The fraction of sp³-hybridized carbons (Fsp3) is 0.286. The van der Waals surface area contributed by atoms with E-state index in [4.69, 9.17) is 5.26 Å². The highest BCUT2D eigenvalue weighted by Crippen LogP contribution is 2.09. The molecule has 0 aliphatic rings. The number of hydrogen-bond acceptors (Lipinski definition) is 3. The molecule has 0 spiro atoms. The summed E-state index contributed by atoms with van der Waals surface area (Å²) < 4.78 is 15.0. The fourth-order valence-electron chi connectivity index (χ4n) is 1.78. The van der Waals surface area contributed by atoms with Crippen LogP contribution in [-0.2, 0) is 13.1 Å². The van der Waals surface area contributed by atoms with Crippen LogP contribution in [0.5, 0.6) is 0 Å². The van der Waals surface area contributed by atoms with Crippen LogP contribution in [0.1, 0.15) is 16.7 Å². The number of nitrogens with one attached hydrogen (secondary N) is 1. The van der Waals surface area contributed by atoms with Crippen molar-refractivity contribution in [2.75, 3.05) is 6.54 Å². The van der Waals surface area contributed by atoms with Gasteiger partial charge in [-0.1, -0.05) is 6.07 Å². The Morgan fingerprint density at radius 1 is 1.47 bits per heavy atom. The van der Waals surface area contributed by atoms with Crippen molar-refractivity contribution in [1.29, 1.82) is 5.26 Å². The Morgan fingerprint density at radius 2 is 2.32 bits per heavy atom. The largest absolute Gasteiger partial charge is 0.311 e. The molecule has 98 valence electrons. The number of nitriles is 1. The van der Waals surface area contributed by atoms with Gasteiger partial charge in [-0.15, -0.1) is 0 Å². The molecule has 0 saturated carbocycles. The molecule has 1 N–H and O–H groups in total. The summed E-state index contributed by atoms with van der Waals surface area (Å²) in [6, 6.07) is 6.42. The zero-order valence-corrected chi connectivity index (χ0v) is 10.7. The summed E-state index contributed by atoms with van der Waals surface area (Å²) in [5.41, 5.74) is 2.12. The van der Waals surface area contributed by atoms with Gasteiger partial charge in [0.05, 0.1) is 18.3 Å². The second-order valence-electron chi connectivity index (χ2n) is 4.38. The fourth-order valence-corrected chi connectivity index (χ4v) is 1.78. The number of aryl methyl sites for hydroxylation is 1. The van der Waals surface area contributed by atoms with E-state index < -0.39 is 5.82 Å². The second kappa shape index (κ2) is 6.12. The number of nitrogens with zero attached hydrogens (tertiary/aromatic N) is 3. The molecule has 0 radical (unpaired) electrons. The van der Waals surface area contributed by atoms with Gasteiger partial charge >= 0.3 is 0 Å².